The van der Waals surface area contributed by atoms with Crippen LogP contribution >= 0.6 is 11.3 Å². The van der Waals surface area contributed by atoms with E-state index in [0.29, 0.717) is 11.4 Å². The molecule has 31 heavy (non-hydrogen) atoms. The molecule has 0 fully saturated rings. The summed E-state index contributed by atoms with van der Waals surface area (Å²) >= 11 is 1.18. The minimum atomic E-state index is -0.233. The molecule has 0 spiro atoms. The zero-order chi connectivity index (χ0) is 22.6. The van der Waals surface area contributed by atoms with Gasteiger partial charge in [-0.3, -0.25) is 9.78 Å². The van der Waals surface area contributed by atoms with Crippen molar-refractivity contribution in [3.05, 3.63) is 69.3 Å². The predicted octanol–water partition coefficient (Wildman–Crippen LogP) is 6.62. The third-order valence-electron chi connectivity index (χ3n) is 5.49. The number of H-pyrrole nitrogens is 1. The first kappa shape index (κ1) is 21.3. The highest BCUT2D eigenvalue weighted by atomic mass is 32.1. The molecule has 160 valence electrons. The molecule has 2 aromatic heterocycles. The number of pyridine rings is 1. The quantitative estimate of drug-likeness (QED) is 0.374. The second-order valence-electron chi connectivity index (χ2n) is 10.0. The van der Waals surface area contributed by atoms with Gasteiger partial charge in [-0.2, -0.15) is 0 Å². The van der Waals surface area contributed by atoms with Crippen molar-refractivity contribution in [1.29, 1.82) is 0 Å². The van der Waals surface area contributed by atoms with Crippen molar-refractivity contribution in [3.63, 3.8) is 0 Å². The van der Waals surface area contributed by atoms with Crippen LogP contribution < -0.4 is 4.87 Å². The van der Waals surface area contributed by atoms with Crippen molar-refractivity contribution in [1.82, 2.24) is 9.97 Å². The molecule has 4 rings (SSSR count). The van der Waals surface area contributed by atoms with Gasteiger partial charge >= 0.3 is 4.87 Å². The maximum atomic E-state index is 12.1. The summed E-state index contributed by atoms with van der Waals surface area (Å²) in [7, 11) is 0. The Hall–Kier alpha value is -2.92. The molecule has 0 unspecified atom stereocenters. The average Bonchev–Trinajstić information content (AvgIpc) is 3.06. The molecule has 4 aromatic rings. The number of hydrogen-bond donors (Lipinski definition) is 2. The summed E-state index contributed by atoms with van der Waals surface area (Å²) in [6, 6.07) is 16.1. The third kappa shape index (κ3) is 4.02. The molecule has 0 amide bonds. The highest BCUT2D eigenvalue weighted by Gasteiger charge is 2.27. The number of fused-ring (bicyclic) bond motifs is 1. The summed E-state index contributed by atoms with van der Waals surface area (Å²) in [5.41, 5.74) is 5.62. The lowest BCUT2D eigenvalue weighted by Gasteiger charge is -2.28. The predicted molar refractivity (Wildman–Crippen MR) is 130 cm³/mol. The fraction of sp³-hybridized carbons (Fsp3) is 0.308. The largest absolute Gasteiger partial charge is 0.507 e. The van der Waals surface area contributed by atoms with Crippen molar-refractivity contribution in [2.24, 2.45) is 0 Å². The first-order valence-corrected chi connectivity index (χ1v) is 11.2. The Kier molecular flexibility index (Phi) is 5.05. The van der Waals surface area contributed by atoms with Crippen molar-refractivity contribution in [2.45, 2.75) is 52.4 Å². The molecule has 0 atom stereocenters. The van der Waals surface area contributed by atoms with Gasteiger partial charge in [0.15, 0.2) is 5.65 Å². The van der Waals surface area contributed by atoms with Crippen molar-refractivity contribution >= 4 is 21.7 Å². The molecule has 2 N–H and O–H groups in total. The number of phenols is 1. The lowest BCUT2D eigenvalue weighted by atomic mass is 9.78. The van der Waals surface area contributed by atoms with E-state index in [2.05, 4.69) is 46.5 Å². The Morgan fingerprint density at radius 2 is 1.45 bits per heavy atom. The fourth-order valence-electron chi connectivity index (χ4n) is 3.84. The van der Waals surface area contributed by atoms with E-state index in [0.717, 1.165) is 38.2 Å². The second-order valence-corrected chi connectivity index (χ2v) is 11.0. The SMILES string of the molecule is CC(C)(C)c1cc(-c2cc(-c3ccccc3)c3sc(=O)[nH]c3n2)cc(C(C)(C)C)c1O. The van der Waals surface area contributed by atoms with Crippen LogP contribution in [0.4, 0.5) is 0 Å². The maximum absolute atomic E-state index is 12.1. The summed E-state index contributed by atoms with van der Waals surface area (Å²) in [5.74, 6) is 0.344. The standard InChI is InChI=1S/C26H28N2O2S/c1-25(2,3)18-12-16(13-19(21(18)29)26(4,5)6)20-14-17(15-10-8-7-9-11-15)22-23(27-20)28-24(30)31-22/h7-14,29H,1-6H3,(H,27,28,30). The van der Waals surface area contributed by atoms with Crippen LogP contribution in [0.2, 0.25) is 0 Å². The Balaban J connectivity index is 2.05. The van der Waals surface area contributed by atoms with Crippen LogP contribution in [-0.4, -0.2) is 15.1 Å². The van der Waals surface area contributed by atoms with Crippen LogP contribution in [0.3, 0.4) is 0 Å². The number of hydrogen-bond acceptors (Lipinski definition) is 4. The Bertz CT molecular complexity index is 1280. The van der Waals surface area contributed by atoms with Gasteiger partial charge in [0.2, 0.25) is 0 Å². The molecular formula is C26H28N2O2S. The van der Waals surface area contributed by atoms with Gasteiger partial charge in [-0.05, 0) is 34.6 Å². The van der Waals surface area contributed by atoms with Crippen LogP contribution in [0.5, 0.6) is 5.75 Å². The normalized spacial score (nSPS) is 12.5. The number of aromatic amines is 1. The number of phenolic OH excluding ortho intramolecular Hbond substituents is 1. The summed E-state index contributed by atoms with van der Waals surface area (Å²) in [4.78, 5) is 19.7. The number of aromatic nitrogens is 2. The molecule has 2 aromatic carbocycles. The van der Waals surface area contributed by atoms with E-state index in [1.807, 2.05) is 48.5 Å². The summed E-state index contributed by atoms with van der Waals surface area (Å²) in [6.07, 6.45) is 0. The van der Waals surface area contributed by atoms with Gasteiger partial charge in [0.1, 0.15) is 5.75 Å². The number of aromatic hydroxyl groups is 1. The Morgan fingerprint density at radius 1 is 0.871 bits per heavy atom. The molecular weight excluding hydrogens is 404 g/mol. The number of rotatable bonds is 2. The Labute approximate surface area is 186 Å². The zero-order valence-electron chi connectivity index (χ0n) is 18.8. The monoisotopic (exact) mass is 432 g/mol. The van der Waals surface area contributed by atoms with Gasteiger partial charge in [0.05, 0.1) is 10.4 Å². The summed E-state index contributed by atoms with van der Waals surface area (Å²) < 4.78 is 0.853. The molecule has 0 saturated heterocycles. The van der Waals surface area contributed by atoms with Gasteiger partial charge in [-0.1, -0.05) is 83.2 Å². The highest BCUT2D eigenvalue weighted by Crippen LogP contribution is 2.42. The molecule has 5 heteroatoms. The number of thiazole rings is 1. The molecule has 0 saturated carbocycles. The molecule has 0 bridgehead atoms. The van der Waals surface area contributed by atoms with Gasteiger partial charge in [0.25, 0.3) is 0 Å². The molecule has 2 heterocycles. The van der Waals surface area contributed by atoms with Gasteiger partial charge in [0, 0.05) is 22.3 Å². The fourth-order valence-corrected chi connectivity index (χ4v) is 4.66. The minimum absolute atomic E-state index is 0.117. The third-order valence-corrected chi connectivity index (χ3v) is 6.40. The van der Waals surface area contributed by atoms with E-state index in [1.165, 1.54) is 11.3 Å². The smallest absolute Gasteiger partial charge is 0.306 e. The number of nitrogens with one attached hydrogen (secondary N) is 1. The van der Waals surface area contributed by atoms with E-state index < -0.39 is 0 Å². The van der Waals surface area contributed by atoms with Gasteiger partial charge in [-0.25, -0.2) is 4.98 Å². The lowest BCUT2D eigenvalue weighted by Crippen LogP contribution is -2.17. The molecule has 0 aliphatic heterocycles. The first-order valence-electron chi connectivity index (χ1n) is 10.4. The molecule has 4 nitrogen and oxygen atoms in total. The highest BCUT2D eigenvalue weighted by molar-refractivity contribution is 7.16. The van der Waals surface area contributed by atoms with Crippen LogP contribution in [0.25, 0.3) is 32.7 Å². The van der Waals surface area contributed by atoms with Crippen molar-refractivity contribution in [3.8, 4) is 28.1 Å². The van der Waals surface area contributed by atoms with E-state index >= 15 is 0 Å². The van der Waals surface area contributed by atoms with Crippen molar-refractivity contribution in [2.75, 3.05) is 0 Å². The van der Waals surface area contributed by atoms with Crippen LogP contribution in [0, 0.1) is 0 Å². The molecule has 0 aliphatic rings. The average molecular weight is 433 g/mol. The zero-order valence-corrected chi connectivity index (χ0v) is 19.6. The topological polar surface area (TPSA) is 66.0 Å². The number of benzene rings is 2. The lowest BCUT2D eigenvalue weighted by molar-refractivity contribution is 0.423. The summed E-state index contributed by atoms with van der Waals surface area (Å²) in [6.45, 7) is 12.6. The molecule has 0 radical (unpaired) electrons. The second kappa shape index (κ2) is 7.34. The van der Waals surface area contributed by atoms with Gasteiger partial charge in [-0.15, -0.1) is 0 Å². The van der Waals surface area contributed by atoms with Crippen LogP contribution in [0.15, 0.2) is 53.3 Å². The molecule has 0 aliphatic carbocycles. The van der Waals surface area contributed by atoms with E-state index in [4.69, 9.17) is 4.98 Å². The maximum Gasteiger partial charge on any atom is 0.306 e. The Morgan fingerprint density at radius 3 is 2.00 bits per heavy atom. The van der Waals surface area contributed by atoms with Crippen molar-refractivity contribution < 1.29 is 5.11 Å². The van der Waals surface area contributed by atoms with E-state index in [-0.39, 0.29) is 15.7 Å². The van der Waals surface area contributed by atoms with Gasteiger partial charge < -0.3 is 5.11 Å². The van der Waals surface area contributed by atoms with Crippen LogP contribution in [-0.2, 0) is 10.8 Å². The summed E-state index contributed by atoms with van der Waals surface area (Å²) in [5, 5.41) is 11.1. The van der Waals surface area contributed by atoms with E-state index in [1.54, 1.807) is 0 Å². The first-order chi connectivity index (χ1) is 14.4. The number of nitrogens with zero attached hydrogens (tertiary/aromatic N) is 1. The van der Waals surface area contributed by atoms with Crippen LogP contribution in [0.1, 0.15) is 52.7 Å². The van der Waals surface area contributed by atoms with E-state index in [9.17, 15) is 9.90 Å². The minimum Gasteiger partial charge on any atom is -0.507 e.